The molecule has 0 saturated carbocycles. The highest BCUT2D eigenvalue weighted by Crippen LogP contribution is 2.20. The second-order valence-electron chi connectivity index (χ2n) is 4.93. The monoisotopic (exact) mass is 243 g/mol. The Labute approximate surface area is 101 Å². The molecule has 0 radical (unpaired) electrons. The van der Waals surface area contributed by atoms with Gasteiger partial charge in [-0.05, 0) is 46.0 Å². The highest BCUT2D eigenvalue weighted by molar-refractivity contribution is 5.22. The number of nitrogens with one attached hydrogen (secondary N) is 1. The van der Waals surface area contributed by atoms with Crippen molar-refractivity contribution in [3.05, 3.63) is 35.4 Å². The minimum absolute atomic E-state index is 0.289. The van der Waals surface area contributed by atoms with Crippen molar-refractivity contribution in [1.82, 2.24) is 5.32 Å². The fourth-order valence-electron chi connectivity index (χ4n) is 1.44. The van der Waals surface area contributed by atoms with Crippen molar-refractivity contribution in [2.75, 3.05) is 13.7 Å². The molecular formula is C13H19F2NO. The molecule has 0 fully saturated rings. The molecule has 0 aliphatic rings. The van der Waals surface area contributed by atoms with Gasteiger partial charge in [-0.25, -0.2) is 8.78 Å². The van der Waals surface area contributed by atoms with Crippen LogP contribution in [0.2, 0.25) is 0 Å². The molecule has 1 rings (SSSR count). The van der Waals surface area contributed by atoms with E-state index in [4.69, 9.17) is 4.74 Å². The third-order valence-corrected chi connectivity index (χ3v) is 2.36. The van der Waals surface area contributed by atoms with E-state index < -0.39 is 11.6 Å². The average molecular weight is 243 g/mol. The molecule has 0 aliphatic heterocycles. The summed E-state index contributed by atoms with van der Waals surface area (Å²) in [5, 5.41) is 2.93. The summed E-state index contributed by atoms with van der Waals surface area (Å²) < 4.78 is 32.2. The Morgan fingerprint density at radius 2 is 1.94 bits per heavy atom. The molecule has 0 saturated heterocycles. The number of likely N-dealkylation sites (N-methyl/N-ethyl adjacent to an activating group) is 1. The van der Waals surface area contributed by atoms with Crippen LogP contribution in [0.3, 0.4) is 0 Å². The first kappa shape index (κ1) is 14.1. The molecule has 1 aromatic rings. The number of hydrogen-bond donors (Lipinski definition) is 1. The fraction of sp³-hybridized carbons (Fsp3) is 0.538. The lowest BCUT2D eigenvalue weighted by Gasteiger charge is -2.24. The predicted octanol–water partition coefficient (Wildman–Crippen LogP) is 3.04. The van der Waals surface area contributed by atoms with Gasteiger partial charge in [0.25, 0.3) is 0 Å². The molecule has 0 bridgehead atoms. The van der Waals surface area contributed by atoms with Crippen molar-refractivity contribution in [2.45, 2.75) is 32.4 Å². The molecule has 96 valence electrons. The zero-order valence-corrected chi connectivity index (χ0v) is 10.7. The molecule has 0 spiro atoms. The van der Waals surface area contributed by atoms with Gasteiger partial charge in [0.05, 0.1) is 18.2 Å². The Balaban J connectivity index is 2.82. The van der Waals surface area contributed by atoms with Crippen molar-refractivity contribution < 1.29 is 13.5 Å². The molecule has 17 heavy (non-hydrogen) atoms. The van der Waals surface area contributed by atoms with Crippen molar-refractivity contribution in [1.29, 1.82) is 0 Å². The van der Waals surface area contributed by atoms with Gasteiger partial charge >= 0.3 is 0 Å². The topological polar surface area (TPSA) is 21.3 Å². The van der Waals surface area contributed by atoms with Crippen molar-refractivity contribution in [3.8, 4) is 0 Å². The number of ether oxygens (including phenoxy) is 1. The summed E-state index contributed by atoms with van der Waals surface area (Å²) in [7, 11) is 1.70. The number of halogens is 2. The standard InChI is InChI=1S/C13H19F2NO/c1-13(2,3)17-8-12(16-4)10-7-9(14)5-6-11(10)15/h5-7,12,16H,8H2,1-4H3. The lowest BCUT2D eigenvalue weighted by Crippen LogP contribution is -2.29. The lowest BCUT2D eigenvalue weighted by atomic mass is 10.1. The number of benzene rings is 1. The molecule has 4 heteroatoms. The van der Waals surface area contributed by atoms with Gasteiger partial charge in [-0.3, -0.25) is 0 Å². The summed E-state index contributed by atoms with van der Waals surface area (Å²) in [5.41, 5.74) is -0.0180. The quantitative estimate of drug-likeness (QED) is 0.877. The maximum Gasteiger partial charge on any atom is 0.128 e. The average Bonchev–Trinajstić information content (AvgIpc) is 2.22. The first-order chi connectivity index (χ1) is 7.83. The van der Waals surface area contributed by atoms with E-state index in [1.807, 2.05) is 20.8 Å². The fourth-order valence-corrected chi connectivity index (χ4v) is 1.44. The van der Waals surface area contributed by atoms with Crippen LogP contribution in [0.4, 0.5) is 8.78 Å². The normalized spacial score (nSPS) is 13.8. The van der Waals surface area contributed by atoms with E-state index in [1.165, 1.54) is 6.07 Å². The minimum Gasteiger partial charge on any atom is -0.374 e. The van der Waals surface area contributed by atoms with Crippen LogP contribution < -0.4 is 5.32 Å². The van der Waals surface area contributed by atoms with Gasteiger partial charge in [0.15, 0.2) is 0 Å². The summed E-state index contributed by atoms with van der Waals surface area (Å²) in [4.78, 5) is 0. The highest BCUT2D eigenvalue weighted by Gasteiger charge is 2.18. The van der Waals surface area contributed by atoms with Crippen LogP contribution >= 0.6 is 0 Å². The van der Waals surface area contributed by atoms with Crippen LogP contribution in [0.15, 0.2) is 18.2 Å². The third-order valence-electron chi connectivity index (χ3n) is 2.36. The second kappa shape index (κ2) is 5.56. The van der Waals surface area contributed by atoms with Crippen LogP contribution in [0.5, 0.6) is 0 Å². The maximum atomic E-state index is 13.6. The van der Waals surface area contributed by atoms with Crippen LogP contribution in [0.25, 0.3) is 0 Å². The molecule has 1 atom stereocenters. The molecular weight excluding hydrogens is 224 g/mol. The smallest absolute Gasteiger partial charge is 0.128 e. The molecule has 1 unspecified atom stereocenters. The van der Waals surface area contributed by atoms with Crippen molar-refractivity contribution in [3.63, 3.8) is 0 Å². The highest BCUT2D eigenvalue weighted by atomic mass is 19.1. The summed E-state index contributed by atoms with van der Waals surface area (Å²) >= 11 is 0. The summed E-state index contributed by atoms with van der Waals surface area (Å²) in [6.45, 7) is 6.05. The zero-order valence-electron chi connectivity index (χ0n) is 10.7. The maximum absolute atomic E-state index is 13.6. The number of hydrogen-bond acceptors (Lipinski definition) is 2. The molecule has 2 nitrogen and oxygen atoms in total. The van der Waals surface area contributed by atoms with E-state index in [0.717, 1.165) is 12.1 Å². The lowest BCUT2D eigenvalue weighted by molar-refractivity contribution is -0.0143. The van der Waals surface area contributed by atoms with Gasteiger partial charge in [-0.1, -0.05) is 0 Å². The molecule has 0 heterocycles. The number of rotatable bonds is 4. The third kappa shape index (κ3) is 4.40. The van der Waals surface area contributed by atoms with Gasteiger partial charge in [0.2, 0.25) is 0 Å². The van der Waals surface area contributed by atoms with E-state index >= 15 is 0 Å². The summed E-state index contributed by atoms with van der Waals surface area (Å²) in [5.74, 6) is -0.874. The van der Waals surface area contributed by atoms with Crippen LogP contribution in [0.1, 0.15) is 32.4 Å². The first-order valence-electron chi connectivity index (χ1n) is 5.59. The molecule has 0 amide bonds. The Morgan fingerprint density at radius 1 is 1.29 bits per heavy atom. The van der Waals surface area contributed by atoms with Gasteiger partial charge in [0.1, 0.15) is 11.6 Å². The van der Waals surface area contributed by atoms with Crippen LogP contribution in [0, 0.1) is 11.6 Å². The van der Waals surface area contributed by atoms with Crippen LogP contribution in [-0.2, 0) is 4.74 Å². The Bertz CT molecular complexity index is 374. The van der Waals surface area contributed by atoms with Gasteiger partial charge < -0.3 is 10.1 Å². The van der Waals surface area contributed by atoms with E-state index in [9.17, 15) is 8.78 Å². The van der Waals surface area contributed by atoms with Gasteiger partial charge in [0, 0.05) is 5.56 Å². The summed E-state index contributed by atoms with van der Waals surface area (Å²) in [6, 6.07) is 3.08. The Hall–Kier alpha value is -1.00. The zero-order chi connectivity index (χ0) is 13.1. The Kier molecular flexibility index (Phi) is 4.60. The van der Waals surface area contributed by atoms with E-state index in [2.05, 4.69) is 5.32 Å². The van der Waals surface area contributed by atoms with Crippen molar-refractivity contribution >= 4 is 0 Å². The molecule has 1 aromatic carbocycles. The Morgan fingerprint density at radius 3 is 2.47 bits per heavy atom. The SMILES string of the molecule is CNC(COC(C)(C)C)c1cc(F)ccc1F. The predicted molar refractivity (Wildman–Crippen MR) is 63.9 cm³/mol. The van der Waals surface area contributed by atoms with Crippen molar-refractivity contribution in [2.24, 2.45) is 0 Å². The molecule has 1 N–H and O–H groups in total. The van der Waals surface area contributed by atoms with Gasteiger partial charge in [-0.2, -0.15) is 0 Å². The van der Waals surface area contributed by atoms with E-state index in [-0.39, 0.29) is 17.2 Å². The second-order valence-corrected chi connectivity index (χ2v) is 4.93. The largest absolute Gasteiger partial charge is 0.374 e. The van der Waals surface area contributed by atoms with E-state index in [0.29, 0.717) is 6.61 Å². The van der Waals surface area contributed by atoms with Gasteiger partial charge in [-0.15, -0.1) is 0 Å². The first-order valence-corrected chi connectivity index (χ1v) is 5.59. The minimum atomic E-state index is -0.447. The molecule has 0 aliphatic carbocycles. The van der Waals surface area contributed by atoms with Crippen LogP contribution in [-0.4, -0.2) is 19.3 Å². The summed E-state index contributed by atoms with van der Waals surface area (Å²) in [6.07, 6.45) is 0. The van der Waals surface area contributed by atoms with E-state index in [1.54, 1.807) is 7.05 Å². The molecule has 0 aromatic heterocycles.